The maximum Gasteiger partial charge on any atom is 0.416 e. The van der Waals surface area contributed by atoms with Crippen molar-refractivity contribution < 1.29 is 30.8 Å². The van der Waals surface area contributed by atoms with Crippen LogP contribution < -0.4 is 10.0 Å². The highest BCUT2D eigenvalue weighted by Crippen LogP contribution is 2.30. The molecule has 2 heterocycles. The second-order valence-corrected chi connectivity index (χ2v) is 7.33. The number of nitrogens with one attached hydrogen (secondary N) is 2. The summed E-state index contributed by atoms with van der Waals surface area (Å²) in [5.41, 5.74) is -0.744. The molecule has 28 heavy (non-hydrogen) atoms. The molecule has 8 nitrogen and oxygen atoms in total. The molecule has 12 heteroatoms. The second kappa shape index (κ2) is 7.13. The SMILES string of the molecule is CNS(=O)(=O)c1cc(C(=O)Nc2ccn(-c3cccc(C(F)(F)F)c3)n2)co1. The van der Waals surface area contributed by atoms with Crippen LogP contribution in [0.3, 0.4) is 0 Å². The fourth-order valence-corrected chi connectivity index (χ4v) is 2.88. The monoisotopic (exact) mass is 414 g/mol. The number of benzene rings is 1. The molecular weight excluding hydrogens is 401 g/mol. The molecule has 0 atom stereocenters. The van der Waals surface area contributed by atoms with Crippen LogP contribution in [0.25, 0.3) is 5.69 Å². The van der Waals surface area contributed by atoms with Crippen molar-refractivity contribution in [1.29, 1.82) is 0 Å². The molecule has 0 aliphatic rings. The number of carbonyl (C=O) groups is 1. The first kappa shape index (κ1) is 19.6. The number of halogens is 3. The van der Waals surface area contributed by atoms with E-state index >= 15 is 0 Å². The minimum atomic E-state index is -4.49. The Morgan fingerprint density at radius 1 is 1.21 bits per heavy atom. The maximum absolute atomic E-state index is 12.8. The van der Waals surface area contributed by atoms with Crippen molar-refractivity contribution in [1.82, 2.24) is 14.5 Å². The number of rotatable bonds is 5. The molecule has 0 bridgehead atoms. The molecule has 0 saturated heterocycles. The van der Waals surface area contributed by atoms with Gasteiger partial charge in [0.15, 0.2) is 5.82 Å². The summed E-state index contributed by atoms with van der Waals surface area (Å²) in [5, 5.41) is 5.97. The summed E-state index contributed by atoms with van der Waals surface area (Å²) in [6.07, 6.45) is -2.16. The molecule has 3 aromatic rings. The van der Waals surface area contributed by atoms with E-state index in [4.69, 9.17) is 4.42 Å². The molecule has 0 unspecified atom stereocenters. The van der Waals surface area contributed by atoms with Crippen molar-refractivity contribution in [2.75, 3.05) is 12.4 Å². The third kappa shape index (κ3) is 4.07. The molecule has 0 aliphatic heterocycles. The number of carbonyl (C=O) groups excluding carboxylic acids is 1. The van der Waals surface area contributed by atoms with E-state index in [1.807, 2.05) is 4.72 Å². The first-order valence-corrected chi connectivity index (χ1v) is 9.15. The number of furan rings is 1. The molecule has 1 amide bonds. The topological polar surface area (TPSA) is 106 Å². The van der Waals surface area contributed by atoms with Crippen molar-refractivity contribution in [2.45, 2.75) is 11.3 Å². The number of amides is 1. The van der Waals surface area contributed by atoms with Gasteiger partial charge < -0.3 is 9.73 Å². The predicted molar refractivity (Wildman–Crippen MR) is 91.5 cm³/mol. The number of hydrogen-bond donors (Lipinski definition) is 2. The van der Waals surface area contributed by atoms with Crippen molar-refractivity contribution in [3.05, 3.63) is 60.0 Å². The standard InChI is InChI=1S/C16H13F3N4O4S/c1-20-28(25,26)14-7-10(9-27-14)15(24)21-13-5-6-23(22-13)12-4-2-3-11(8-12)16(17,18)19/h2-9,20H,1H3,(H,21,22,24). The highest BCUT2D eigenvalue weighted by atomic mass is 32.2. The average Bonchev–Trinajstić information content (AvgIpc) is 3.31. The van der Waals surface area contributed by atoms with Gasteiger partial charge in [-0.15, -0.1) is 0 Å². The lowest BCUT2D eigenvalue weighted by Gasteiger charge is -2.08. The van der Waals surface area contributed by atoms with Crippen molar-refractivity contribution in [3.63, 3.8) is 0 Å². The van der Waals surface area contributed by atoms with Gasteiger partial charge in [-0.3, -0.25) is 4.79 Å². The van der Waals surface area contributed by atoms with E-state index in [9.17, 15) is 26.4 Å². The van der Waals surface area contributed by atoms with Crippen molar-refractivity contribution in [3.8, 4) is 5.69 Å². The van der Waals surface area contributed by atoms with Crippen LogP contribution in [0.5, 0.6) is 0 Å². The molecule has 3 rings (SSSR count). The molecule has 0 aliphatic carbocycles. The normalized spacial score (nSPS) is 12.1. The van der Waals surface area contributed by atoms with Gasteiger partial charge in [0.2, 0.25) is 5.09 Å². The Bertz CT molecular complexity index is 1120. The molecule has 0 spiro atoms. The van der Waals surface area contributed by atoms with Crippen molar-refractivity contribution >= 4 is 21.7 Å². The third-order valence-corrected chi connectivity index (χ3v) is 4.92. The van der Waals surface area contributed by atoms with Gasteiger partial charge in [0.05, 0.1) is 16.8 Å². The smallest absolute Gasteiger partial charge is 0.416 e. The van der Waals surface area contributed by atoms with Crippen LogP contribution in [-0.4, -0.2) is 31.2 Å². The zero-order valence-corrected chi connectivity index (χ0v) is 15.0. The van der Waals surface area contributed by atoms with E-state index < -0.39 is 32.8 Å². The van der Waals surface area contributed by atoms with Gasteiger partial charge in [-0.1, -0.05) is 6.07 Å². The Hall–Kier alpha value is -3.12. The summed E-state index contributed by atoms with van der Waals surface area (Å²) in [6.45, 7) is 0. The highest BCUT2D eigenvalue weighted by Gasteiger charge is 2.30. The maximum atomic E-state index is 12.8. The minimum absolute atomic E-state index is 0.0571. The molecule has 0 radical (unpaired) electrons. The van der Waals surface area contributed by atoms with Crippen molar-refractivity contribution in [2.24, 2.45) is 0 Å². The van der Waals surface area contributed by atoms with Crippen LogP contribution in [-0.2, 0) is 16.2 Å². The zero-order chi connectivity index (χ0) is 20.5. The predicted octanol–water partition coefficient (Wildman–Crippen LogP) is 2.64. The van der Waals surface area contributed by atoms with E-state index in [0.717, 1.165) is 29.1 Å². The summed E-state index contributed by atoms with van der Waals surface area (Å²) in [6, 6.07) is 6.94. The van der Waals surface area contributed by atoms with Crippen LogP contribution in [0, 0.1) is 0 Å². The average molecular weight is 414 g/mol. The van der Waals surface area contributed by atoms with Gasteiger partial charge in [0, 0.05) is 18.3 Å². The lowest BCUT2D eigenvalue weighted by atomic mass is 10.2. The Labute approximate surface area is 157 Å². The lowest BCUT2D eigenvalue weighted by Crippen LogP contribution is -2.18. The Kier molecular flexibility index (Phi) is 5.00. The van der Waals surface area contributed by atoms with Crippen LogP contribution >= 0.6 is 0 Å². The molecule has 0 fully saturated rings. The molecule has 1 aromatic carbocycles. The summed E-state index contributed by atoms with van der Waals surface area (Å²) < 4.78 is 69.8. The largest absolute Gasteiger partial charge is 0.451 e. The lowest BCUT2D eigenvalue weighted by molar-refractivity contribution is -0.137. The number of sulfonamides is 1. The molecule has 2 aromatic heterocycles. The van der Waals surface area contributed by atoms with E-state index in [1.165, 1.54) is 31.4 Å². The van der Waals surface area contributed by atoms with Gasteiger partial charge in [-0.25, -0.2) is 17.8 Å². The quantitative estimate of drug-likeness (QED) is 0.668. The zero-order valence-electron chi connectivity index (χ0n) is 14.2. The number of anilines is 1. The van der Waals surface area contributed by atoms with Crippen LogP contribution in [0.4, 0.5) is 19.0 Å². The Morgan fingerprint density at radius 3 is 2.64 bits per heavy atom. The van der Waals surface area contributed by atoms with Gasteiger partial charge in [0.25, 0.3) is 15.9 Å². The summed E-state index contributed by atoms with van der Waals surface area (Å²) in [7, 11) is -2.65. The number of nitrogens with zero attached hydrogens (tertiary/aromatic N) is 2. The molecular formula is C16H13F3N4O4S. The third-order valence-electron chi connectivity index (χ3n) is 3.64. The van der Waals surface area contributed by atoms with Gasteiger partial charge in [-0.05, 0) is 25.2 Å². The van der Waals surface area contributed by atoms with E-state index in [-0.39, 0.29) is 17.1 Å². The molecule has 0 saturated carbocycles. The second-order valence-electron chi connectivity index (χ2n) is 5.51. The molecule has 148 valence electrons. The number of alkyl halides is 3. The van der Waals surface area contributed by atoms with Gasteiger partial charge in [0.1, 0.15) is 6.26 Å². The highest BCUT2D eigenvalue weighted by molar-refractivity contribution is 7.89. The summed E-state index contributed by atoms with van der Waals surface area (Å²) in [5.74, 6) is -0.641. The van der Waals surface area contributed by atoms with Gasteiger partial charge in [-0.2, -0.15) is 18.3 Å². The Morgan fingerprint density at radius 2 is 1.96 bits per heavy atom. The van der Waals surface area contributed by atoms with E-state index in [0.29, 0.717) is 0 Å². The fraction of sp³-hybridized carbons (Fsp3) is 0.125. The molecule has 2 N–H and O–H groups in total. The van der Waals surface area contributed by atoms with Crippen LogP contribution in [0.2, 0.25) is 0 Å². The summed E-state index contributed by atoms with van der Waals surface area (Å²) >= 11 is 0. The summed E-state index contributed by atoms with van der Waals surface area (Å²) in [4.78, 5) is 12.2. The van der Waals surface area contributed by atoms with Gasteiger partial charge >= 0.3 is 6.18 Å². The fourth-order valence-electron chi connectivity index (χ4n) is 2.22. The van der Waals surface area contributed by atoms with E-state index in [2.05, 4.69) is 10.4 Å². The van der Waals surface area contributed by atoms with Crippen LogP contribution in [0.1, 0.15) is 15.9 Å². The first-order valence-electron chi connectivity index (χ1n) is 7.67. The minimum Gasteiger partial charge on any atom is -0.451 e. The number of hydrogen-bond acceptors (Lipinski definition) is 5. The number of aromatic nitrogens is 2. The van der Waals surface area contributed by atoms with E-state index in [1.54, 1.807) is 0 Å². The first-order chi connectivity index (χ1) is 13.1. The Balaban J connectivity index is 1.78. The van der Waals surface area contributed by atoms with Crippen LogP contribution in [0.15, 0.2) is 58.4 Å².